The molecule has 1 aliphatic rings. The van der Waals surface area contributed by atoms with Gasteiger partial charge < -0.3 is 19.2 Å². The van der Waals surface area contributed by atoms with Gasteiger partial charge in [0, 0.05) is 54.6 Å². The van der Waals surface area contributed by atoms with Crippen LogP contribution in [0.25, 0.3) is 22.4 Å². The highest BCUT2D eigenvalue weighted by atomic mass is 35.5. The van der Waals surface area contributed by atoms with Crippen LogP contribution < -0.4 is 14.8 Å². The second-order valence-corrected chi connectivity index (χ2v) is 19.1. The van der Waals surface area contributed by atoms with E-state index in [-0.39, 0.29) is 38.8 Å². The van der Waals surface area contributed by atoms with Crippen molar-refractivity contribution in [2.24, 2.45) is 0 Å². The number of pyridine rings is 1. The van der Waals surface area contributed by atoms with E-state index in [2.05, 4.69) is 59.0 Å². The Morgan fingerprint density at radius 2 is 1.76 bits per heavy atom. The number of halogens is 4. The number of carbonyl (C=O) groups is 2. The van der Waals surface area contributed by atoms with Crippen molar-refractivity contribution in [1.29, 1.82) is 0 Å². The number of anilines is 1. The van der Waals surface area contributed by atoms with Crippen LogP contribution >= 0.6 is 23.2 Å². The summed E-state index contributed by atoms with van der Waals surface area (Å²) < 4.78 is 43.4. The third-order valence-corrected chi connectivity index (χ3v) is 14.6. The molecule has 0 fully saturated rings. The number of carbonyl (C=O) groups excluding carboxylic acids is 2. The fourth-order valence-electron chi connectivity index (χ4n) is 5.42. The number of alkyl halides is 2. The Kier molecular flexibility index (Phi) is 11.8. The summed E-state index contributed by atoms with van der Waals surface area (Å²) in [5, 5.41) is 3.32. The third kappa shape index (κ3) is 8.55. The van der Waals surface area contributed by atoms with Crippen molar-refractivity contribution in [3.63, 3.8) is 0 Å². The summed E-state index contributed by atoms with van der Waals surface area (Å²) in [6.45, 7) is 9.95. The van der Waals surface area contributed by atoms with Crippen LogP contribution in [0, 0.1) is 0 Å². The van der Waals surface area contributed by atoms with Crippen LogP contribution in [0.2, 0.25) is 28.2 Å². The molecule has 5 rings (SSSR count). The average Bonchev–Trinajstić information content (AvgIpc) is 3.08. The molecule has 2 aromatic heterocycles. The number of nitrogens with zero attached hydrogens (tertiary/aromatic N) is 4. The highest BCUT2D eigenvalue weighted by Gasteiger charge is 2.37. The summed E-state index contributed by atoms with van der Waals surface area (Å²) in [6.07, 6.45) is 2.39. The molecule has 4 aromatic rings. The number of hydrogen-bond acceptors (Lipinski definition) is 9. The van der Waals surface area contributed by atoms with E-state index in [0.29, 0.717) is 77.6 Å². The first-order valence-corrected chi connectivity index (χ1v) is 19.9. The molecule has 0 saturated carbocycles. The molecule has 15 heteroatoms. The van der Waals surface area contributed by atoms with E-state index in [1.807, 2.05) is 0 Å². The predicted molar refractivity (Wildman–Crippen MR) is 196 cm³/mol. The number of amides is 1. The molecule has 2 aromatic carbocycles. The monoisotopic (exact) mass is 757 g/mol. The Bertz CT molecular complexity index is 1940. The molecular weight excluding hydrogens is 719 g/mol. The predicted octanol–water partition coefficient (Wildman–Crippen LogP) is 8.57. The molecule has 1 amide bonds. The van der Waals surface area contributed by atoms with Gasteiger partial charge in [-0.05, 0) is 30.6 Å². The maximum atomic E-state index is 13.6. The zero-order valence-corrected chi connectivity index (χ0v) is 31.7. The Labute approximate surface area is 306 Å². The number of benzene rings is 2. The molecule has 1 N–H and O–H groups in total. The maximum absolute atomic E-state index is 13.6. The van der Waals surface area contributed by atoms with Crippen molar-refractivity contribution in [1.82, 2.24) is 19.9 Å². The second-order valence-electron chi connectivity index (χ2n) is 13.5. The Balaban J connectivity index is 1.39. The standard InChI is InChI=1S/C36H39Cl2F2N5O5Si/c1-36(2,3)51(5,6)49-16-15-45-14-13-23-28(19-45)42-26(17-30(23)50-35(39)40)33(47)43-25-12-8-10-22(32(25)38)21-9-7-11-24(31(21)37)27-18-41-29(20-46)34(44-27)48-4/h7-12,17-18,20,35H,13-16,19H2,1-6H3,(H,43,47). The number of nitrogens with one attached hydrogen (secondary N) is 1. The summed E-state index contributed by atoms with van der Waals surface area (Å²) >= 11 is 13.7. The molecule has 0 saturated heterocycles. The van der Waals surface area contributed by atoms with Gasteiger partial charge in [-0.2, -0.15) is 8.78 Å². The lowest BCUT2D eigenvalue weighted by Gasteiger charge is -2.37. The van der Waals surface area contributed by atoms with E-state index >= 15 is 0 Å². The van der Waals surface area contributed by atoms with Crippen LogP contribution in [0.4, 0.5) is 14.5 Å². The third-order valence-electron chi connectivity index (χ3n) is 9.23. The second kappa shape index (κ2) is 15.7. The minimum absolute atomic E-state index is 0.0466. The van der Waals surface area contributed by atoms with E-state index in [4.69, 9.17) is 37.1 Å². The van der Waals surface area contributed by atoms with E-state index in [1.54, 1.807) is 36.4 Å². The highest BCUT2D eigenvalue weighted by molar-refractivity contribution is 6.74. The van der Waals surface area contributed by atoms with Crippen molar-refractivity contribution in [3.8, 4) is 34.0 Å². The Morgan fingerprint density at radius 3 is 2.43 bits per heavy atom. The maximum Gasteiger partial charge on any atom is 0.387 e. The molecule has 0 aliphatic carbocycles. The highest BCUT2D eigenvalue weighted by Crippen LogP contribution is 2.42. The lowest BCUT2D eigenvalue weighted by atomic mass is 10.0. The van der Waals surface area contributed by atoms with Gasteiger partial charge in [0.2, 0.25) is 5.88 Å². The molecular formula is C36H39Cl2F2N5O5Si. The summed E-state index contributed by atoms with van der Waals surface area (Å²) in [7, 11) is -0.564. The summed E-state index contributed by atoms with van der Waals surface area (Å²) in [6, 6.07) is 11.5. The van der Waals surface area contributed by atoms with Gasteiger partial charge in [0.15, 0.2) is 20.3 Å². The van der Waals surface area contributed by atoms with E-state index in [1.165, 1.54) is 19.4 Å². The van der Waals surface area contributed by atoms with Crippen LogP contribution in [0.5, 0.6) is 11.6 Å². The molecule has 0 spiro atoms. The molecule has 51 heavy (non-hydrogen) atoms. The number of hydrogen-bond donors (Lipinski definition) is 1. The smallest absolute Gasteiger partial charge is 0.387 e. The van der Waals surface area contributed by atoms with Crippen molar-refractivity contribution < 1.29 is 32.3 Å². The van der Waals surface area contributed by atoms with Crippen LogP contribution in [-0.2, 0) is 17.4 Å². The molecule has 0 radical (unpaired) electrons. The summed E-state index contributed by atoms with van der Waals surface area (Å²) in [5.74, 6) is -0.693. The van der Waals surface area contributed by atoms with Gasteiger partial charge in [-0.15, -0.1) is 0 Å². The zero-order chi connectivity index (χ0) is 37.1. The van der Waals surface area contributed by atoms with Crippen LogP contribution in [-0.4, -0.2) is 73.8 Å². The normalized spacial score (nSPS) is 13.5. The molecule has 1 aliphatic heterocycles. The van der Waals surface area contributed by atoms with Gasteiger partial charge in [0.25, 0.3) is 5.91 Å². The van der Waals surface area contributed by atoms with Crippen LogP contribution in [0.1, 0.15) is 53.0 Å². The molecule has 0 atom stereocenters. The van der Waals surface area contributed by atoms with Crippen molar-refractivity contribution in [2.75, 3.05) is 32.1 Å². The fourth-order valence-corrected chi connectivity index (χ4v) is 7.05. The van der Waals surface area contributed by atoms with Crippen molar-refractivity contribution >= 4 is 49.4 Å². The molecule has 0 bridgehead atoms. The summed E-state index contributed by atoms with van der Waals surface area (Å²) in [4.78, 5) is 40.1. The number of ether oxygens (including phenoxy) is 2. The first-order valence-electron chi connectivity index (χ1n) is 16.2. The largest absolute Gasteiger partial charge is 0.479 e. The number of rotatable bonds is 12. The van der Waals surface area contributed by atoms with Gasteiger partial charge in [0.1, 0.15) is 11.4 Å². The lowest BCUT2D eigenvalue weighted by Crippen LogP contribution is -2.43. The molecule has 0 unspecified atom stereocenters. The summed E-state index contributed by atoms with van der Waals surface area (Å²) in [5.41, 5.74) is 3.14. The first-order chi connectivity index (χ1) is 24.1. The molecule has 3 heterocycles. The van der Waals surface area contributed by atoms with E-state index in [0.717, 1.165) is 0 Å². The quantitative estimate of drug-likeness (QED) is 0.112. The fraction of sp³-hybridized carbons (Fsp3) is 0.361. The van der Waals surface area contributed by atoms with Crippen molar-refractivity contribution in [2.45, 2.75) is 58.5 Å². The van der Waals surface area contributed by atoms with Gasteiger partial charge in [-0.25, -0.2) is 15.0 Å². The van der Waals surface area contributed by atoms with Gasteiger partial charge >= 0.3 is 6.61 Å². The Morgan fingerprint density at radius 1 is 1.08 bits per heavy atom. The van der Waals surface area contributed by atoms with Gasteiger partial charge in [0.05, 0.1) is 40.4 Å². The SMILES string of the molecule is COc1nc(-c2cccc(-c3cccc(NC(=O)c4cc(OC(F)F)c5c(n4)CN(CCO[Si](C)(C)C(C)(C)C)CC5)c3Cl)c2Cl)cnc1C=O. The topological polar surface area (TPSA) is 116 Å². The van der Waals surface area contributed by atoms with E-state index in [9.17, 15) is 18.4 Å². The van der Waals surface area contributed by atoms with Crippen LogP contribution in [0.15, 0.2) is 48.7 Å². The van der Waals surface area contributed by atoms with Gasteiger partial charge in [-0.1, -0.05) is 74.3 Å². The molecule has 270 valence electrons. The zero-order valence-electron chi connectivity index (χ0n) is 29.2. The number of aldehydes is 1. The number of aromatic nitrogens is 3. The first kappa shape index (κ1) is 38.2. The van der Waals surface area contributed by atoms with Gasteiger partial charge in [-0.3, -0.25) is 14.5 Å². The molecule has 10 nitrogen and oxygen atoms in total. The van der Waals surface area contributed by atoms with E-state index < -0.39 is 20.8 Å². The minimum Gasteiger partial charge on any atom is -0.479 e. The average molecular weight is 759 g/mol. The minimum atomic E-state index is -3.08. The Hall–Kier alpha value is -4.01. The van der Waals surface area contributed by atoms with Crippen LogP contribution in [0.3, 0.4) is 0 Å². The van der Waals surface area contributed by atoms with Crippen molar-refractivity contribution in [3.05, 3.63) is 81.4 Å². The lowest BCUT2D eigenvalue weighted by molar-refractivity contribution is -0.0508. The number of methoxy groups -OCH3 is 1. The number of fused-ring (bicyclic) bond motifs is 1.